The van der Waals surface area contributed by atoms with Crippen LogP contribution in [0.15, 0.2) is 0 Å². The number of rotatable bonds is 7. The predicted octanol–water partition coefficient (Wildman–Crippen LogP) is 3.11. The van der Waals surface area contributed by atoms with Gasteiger partial charge in [-0.1, -0.05) is 26.7 Å². The van der Waals surface area contributed by atoms with E-state index in [1.165, 1.54) is 0 Å². The fourth-order valence-corrected chi connectivity index (χ4v) is 6.02. The molecule has 0 rings (SSSR count). The highest BCUT2D eigenvalue weighted by atomic mass is 33.2. The van der Waals surface area contributed by atoms with Crippen LogP contribution in [0, 0.1) is 0 Å². The van der Waals surface area contributed by atoms with Crippen LogP contribution in [-0.2, 0) is 28.9 Å². The zero-order valence-electron chi connectivity index (χ0n) is 12.8. The van der Waals surface area contributed by atoms with Crippen LogP contribution in [0.3, 0.4) is 0 Å². The van der Waals surface area contributed by atoms with E-state index in [4.69, 9.17) is 13.0 Å². The molecule has 0 aromatic rings. The van der Waals surface area contributed by atoms with Gasteiger partial charge < -0.3 is 4.55 Å². The van der Waals surface area contributed by atoms with Gasteiger partial charge in [-0.15, -0.1) is 0 Å². The summed E-state index contributed by atoms with van der Waals surface area (Å²) in [6.45, 7) is 3.67. The maximum atomic E-state index is 12.4. The first-order valence-electron chi connectivity index (χ1n) is 6.53. The molecule has 0 aromatic heterocycles. The van der Waals surface area contributed by atoms with Crippen LogP contribution in [0.2, 0.25) is 0 Å². The quantitative estimate of drug-likeness (QED) is 0.204. The lowest BCUT2D eigenvalue weighted by molar-refractivity contribution is -0.0518. The molecule has 0 aliphatic heterocycles. The van der Waals surface area contributed by atoms with Crippen LogP contribution in [0.25, 0.3) is 0 Å². The number of hydrogen-bond donors (Lipinski definition) is 0. The molecule has 0 radical (unpaired) electrons. The summed E-state index contributed by atoms with van der Waals surface area (Å²) in [4.78, 5) is 0. The molecule has 0 aliphatic carbocycles. The van der Waals surface area contributed by atoms with E-state index < -0.39 is 39.9 Å². The van der Waals surface area contributed by atoms with E-state index >= 15 is 0 Å². The third kappa shape index (κ3) is 9.32. The highest BCUT2D eigenvalue weighted by Crippen LogP contribution is 2.31. The van der Waals surface area contributed by atoms with E-state index in [9.17, 15) is 34.8 Å². The Kier molecular flexibility index (Phi) is 10.9. The van der Waals surface area contributed by atoms with Crippen molar-refractivity contribution in [2.45, 2.75) is 50.5 Å². The van der Waals surface area contributed by atoms with Gasteiger partial charge in [-0.25, -0.2) is 8.42 Å². The van der Waals surface area contributed by atoms with Crippen LogP contribution in [0.1, 0.15) is 39.5 Å². The van der Waals surface area contributed by atoms with Gasteiger partial charge in [0.1, 0.15) is 21.4 Å². The molecular weight excluding hydrogens is 410 g/mol. The third-order valence-corrected chi connectivity index (χ3v) is 9.00. The van der Waals surface area contributed by atoms with Crippen molar-refractivity contribution in [1.29, 1.82) is 0 Å². The predicted molar refractivity (Wildman–Crippen MR) is 77.6 cm³/mol. The summed E-state index contributed by atoms with van der Waals surface area (Å²) in [5, 5.41) is 0. The van der Waals surface area contributed by atoms with Crippen molar-refractivity contribution in [3.63, 3.8) is 0 Å². The third-order valence-electron chi connectivity index (χ3n) is 2.33. The monoisotopic (exact) mass is 428 g/mol. The SMILES string of the molecule is CCCC[S+](CCCC)S(=O)(=O)C(F)(F)F.O=S(=O)([O-])C(F)(F)F. The molecule has 0 saturated carbocycles. The summed E-state index contributed by atoms with van der Waals surface area (Å²) in [7, 11) is -12.6. The molecule has 148 valence electrons. The summed E-state index contributed by atoms with van der Waals surface area (Å²) in [6, 6.07) is 0. The first-order chi connectivity index (χ1) is 10.5. The molecular formula is C10H18F6O5S3. The molecule has 0 N–H and O–H groups in total. The van der Waals surface area contributed by atoms with Gasteiger partial charge in [0.05, 0.1) is 0 Å². The smallest absolute Gasteiger partial charge is 0.543 e. The van der Waals surface area contributed by atoms with Gasteiger partial charge >= 0.3 is 19.9 Å². The lowest BCUT2D eigenvalue weighted by Crippen LogP contribution is -2.34. The highest BCUT2D eigenvalue weighted by molar-refractivity contribution is 8.69. The molecule has 0 atom stereocenters. The molecule has 0 saturated heterocycles. The fraction of sp³-hybridized carbons (Fsp3) is 1.00. The van der Waals surface area contributed by atoms with Crippen molar-refractivity contribution in [2.24, 2.45) is 0 Å². The number of halogens is 6. The van der Waals surface area contributed by atoms with E-state index in [-0.39, 0.29) is 11.5 Å². The second-order valence-electron chi connectivity index (χ2n) is 4.35. The van der Waals surface area contributed by atoms with Crippen molar-refractivity contribution in [2.75, 3.05) is 11.5 Å². The van der Waals surface area contributed by atoms with Crippen LogP contribution < -0.4 is 0 Å². The first-order valence-corrected chi connectivity index (χ1v) is 11.5. The zero-order chi connectivity index (χ0) is 19.8. The molecule has 0 unspecified atom stereocenters. The number of unbranched alkanes of at least 4 members (excludes halogenated alkanes) is 2. The van der Waals surface area contributed by atoms with Gasteiger partial charge in [0.2, 0.25) is 0 Å². The summed E-state index contributed by atoms with van der Waals surface area (Å²) < 4.78 is 118. The molecule has 0 spiro atoms. The van der Waals surface area contributed by atoms with E-state index in [0.29, 0.717) is 25.7 Å². The Labute approximate surface area is 139 Å². The maximum Gasteiger partial charge on any atom is 0.543 e. The normalized spacial score (nSPS) is 13.6. The standard InChI is InChI=1S/C9H18F3O2S2.CHF3O3S/c1-3-5-7-15(8-6-4-2)16(13,14)9(10,11)12;2-1(3,4)8(5,6)7/h3-8H2,1-2H3;(H,5,6,7)/q+1;/p-1. The second-order valence-corrected chi connectivity index (χ2v) is 11.5. The van der Waals surface area contributed by atoms with Crippen LogP contribution in [-0.4, -0.2) is 43.9 Å². The Balaban J connectivity index is 0. The largest absolute Gasteiger partial charge is 0.741 e. The van der Waals surface area contributed by atoms with Crippen molar-refractivity contribution >= 4 is 28.9 Å². The molecule has 24 heavy (non-hydrogen) atoms. The summed E-state index contributed by atoms with van der Waals surface area (Å²) in [6.07, 6.45) is 2.48. The first kappa shape index (κ1) is 26.0. The molecule has 14 heteroatoms. The Morgan fingerprint density at radius 3 is 1.25 bits per heavy atom. The Morgan fingerprint density at radius 1 is 0.792 bits per heavy atom. The van der Waals surface area contributed by atoms with E-state index in [2.05, 4.69) is 0 Å². The van der Waals surface area contributed by atoms with Crippen LogP contribution in [0.5, 0.6) is 0 Å². The lowest BCUT2D eigenvalue weighted by atomic mass is 10.4. The van der Waals surface area contributed by atoms with Gasteiger partial charge in [0.25, 0.3) is 0 Å². The average molecular weight is 428 g/mol. The van der Waals surface area contributed by atoms with Crippen LogP contribution >= 0.6 is 0 Å². The second kappa shape index (κ2) is 10.1. The maximum absolute atomic E-state index is 12.4. The fourth-order valence-electron chi connectivity index (χ4n) is 1.07. The topological polar surface area (TPSA) is 91.3 Å². The summed E-state index contributed by atoms with van der Waals surface area (Å²) in [5.74, 6) is 0.274. The molecule has 5 nitrogen and oxygen atoms in total. The van der Waals surface area contributed by atoms with Crippen LogP contribution in [0.4, 0.5) is 26.3 Å². The zero-order valence-corrected chi connectivity index (χ0v) is 15.2. The minimum atomic E-state index is -6.09. The number of hydrogen-bond acceptors (Lipinski definition) is 5. The van der Waals surface area contributed by atoms with Gasteiger partial charge in [0, 0.05) is 0 Å². The molecule has 0 fully saturated rings. The average Bonchev–Trinajstić information content (AvgIpc) is 2.35. The molecule has 0 aromatic carbocycles. The van der Waals surface area contributed by atoms with Crippen molar-refractivity contribution < 1.29 is 47.7 Å². The minimum Gasteiger partial charge on any atom is -0.741 e. The Hall–Kier alpha value is -0.210. The van der Waals surface area contributed by atoms with E-state index in [1.54, 1.807) is 0 Å². The summed E-state index contributed by atoms with van der Waals surface area (Å²) in [5.41, 5.74) is -10.7. The van der Waals surface area contributed by atoms with Gasteiger partial charge in [-0.05, 0) is 12.8 Å². The number of alkyl halides is 6. The Morgan fingerprint density at radius 2 is 1.08 bits per heavy atom. The van der Waals surface area contributed by atoms with Crippen molar-refractivity contribution in [1.82, 2.24) is 0 Å². The van der Waals surface area contributed by atoms with Crippen molar-refractivity contribution in [3.05, 3.63) is 0 Å². The van der Waals surface area contributed by atoms with Gasteiger partial charge in [0.15, 0.2) is 10.1 Å². The van der Waals surface area contributed by atoms with Gasteiger partial charge in [-0.2, -0.15) is 34.8 Å². The molecule has 0 amide bonds. The Bertz CT molecular complexity index is 545. The minimum absolute atomic E-state index is 0.137. The molecule has 0 bridgehead atoms. The van der Waals surface area contributed by atoms with E-state index in [1.807, 2.05) is 13.8 Å². The lowest BCUT2D eigenvalue weighted by Gasteiger charge is -2.10. The highest BCUT2D eigenvalue weighted by Gasteiger charge is 2.57. The molecule has 0 aliphatic rings. The summed E-state index contributed by atoms with van der Waals surface area (Å²) >= 11 is 0. The van der Waals surface area contributed by atoms with Gasteiger partial charge in [-0.3, -0.25) is 0 Å². The van der Waals surface area contributed by atoms with Crippen molar-refractivity contribution in [3.8, 4) is 0 Å². The van der Waals surface area contributed by atoms with E-state index in [0.717, 1.165) is 0 Å². The molecule has 0 heterocycles.